The van der Waals surface area contributed by atoms with Gasteiger partial charge >= 0.3 is 0 Å². The number of pyridine rings is 1. The van der Waals surface area contributed by atoms with Crippen LogP contribution in [0, 0.1) is 5.41 Å². The molecule has 1 saturated heterocycles. The minimum Gasteiger partial charge on any atom is -0.369 e. The van der Waals surface area contributed by atoms with E-state index < -0.39 is 5.41 Å². The summed E-state index contributed by atoms with van der Waals surface area (Å²) in [6.07, 6.45) is 5.50. The van der Waals surface area contributed by atoms with Gasteiger partial charge in [-0.1, -0.05) is 60.7 Å². The Morgan fingerprint density at radius 3 is 2.29 bits per heavy atom. The van der Waals surface area contributed by atoms with Crippen LogP contribution in [0.15, 0.2) is 79.1 Å². The fourth-order valence-corrected chi connectivity index (χ4v) is 4.37. The Balaban J connectivity index is 1.45. The van der Waals surface area contributed by atoms with Crippen molar-refractivity contribution in [3.8, 4) is 11.1 Å². The number of primary amides is 1. The first-order valence-electron chi connectivity index (χ1n) is 10.7. The number of nitrogens with two attached hydrogens (primary N) is 1. The average Bonchev–Trinajstić information content (AvgIpc) is 2.81. The normalized spacial score (nSPS) is 15.4. The molecule has 2 heterocycles. The van der Waals surface area contributed by atoms with Gasteiger partial charge in [-0.3, -0.25) is 14.6 Å². The summed E-state index contributed by atoms with van der Waals surface area (Å²) in [7, 11) is 0. The highest BCUT2D eigenvalue weighted by Crippen LogP contribution is 2.36. The molecule has 0 bridgehead atoms. The van der Waals surface area contributed by atoms with E-state index in [1.807, 2.05) is 41.3 Å². The van der Waals surface area contributed by atoms with Crippen LogP contribution in [-0.4, -0.2) is 34.8 Å². The van der Waals surface area contributed by atoms with Gasteiger partial charge in [0, 0.05) is 25.5 Å². The first-order chi connectivity index (χ1) is 15.1. The third-order valence-electron chi connectivity index (χ3n) is 6.25. The molecule has 158 valence electrons. The Morgan fingerprint density at radius 2 is 1.61 bits per heavy atom. The van der Waals surface area contributed by atoms with Crippen molar-refractivity contribution in [1.29, 1.82) is 0 Å². The van der Waals surface area contributed by atoms with Crippen molar-refractivity contribution in [3.05, 3.63) is 90.3 Å². The maximum atomic E-state index is 12.7. The minimum absolute atomic E-state index is 0.0668. The summed E-state index contributed by atoms with van der Waals surface area (Å²) in [6, 6.07) is 22.2. The molecule has 0 unspecified atom stereocenters. The first kappa shape index (κ1) is 20.8. The number of amides is 2. The molecule has 0 aliphatic carbocycles. The number of aromatic nitrogens is 1. The van der Waals surface area contributed by atoms with Gasteiger partial charge < -0.3 is 10.6 Å². The summed E-state index contributed by atoms with van der Waals surface area (Å²) in [5.41, 5.74) is 9.54. The van der Waals surface area contributed by atoms with Gasteiger partial charge in [0.25, 0.3) is 0 Å². The summed E-state index contributed by atoms with van der Waals surface area (Å²) in [6.45, 7) is 1.08. The molecule has 0 saturated carbocycles. The molecular weight excluding hydrogens is 386 g/mol. The van der Waals surface area contributed by atoms with E-state index >= 15 is 0 Å². The first-order valence-corrected chi connectivity index (χ1v) is 10.7. The highest BCUT2D eigenvalue weighted by atomic mass is 16.2. The lowest BCUT2D eigenvalue weighted by Crippen LogP contribution is -2.50. The highest BCUT2D eigenvalue weighted by molar-refractivity contribution is 5.83. The monoisotopic (exact) mass is 413 g/mol. The molecule has 1 aliphatic rings. The van der Waals surface area contributed by atoms with Crippen LogP contribution in [0.25, 0.3) is 11.1 Å². The van der Waals surface area contributed by atoms with E-state index in [-0.39, 0.29) is 11.8 Å². The van der Waals surface area contributed by atoms with Gasteiger partial charge in [0.1, 0.15) is 0 Å². The van der Waals surface area contributed by atoms with Crippen LogP contribution >= 0.6 is 0 Å². The van der Waals surface area contributed by atoms with Crippen LogP contribution in [0.5, 0.6) is 0 Å². The molecule has 4 rings (SSSR count). The second-order valence-corrected chi connectivity index (χ2v) is 8.31. The van der Waals surface area contributed by atoms with E-state index in [0.29, 0.717) is 38.8 Å². The summed E-state index contributed by atoms with van der Waals surface area (Å²) < 4.78 is 0. The fourth-order valence-electron chi connectivity index (χ4n) is 4.37. The van der Waals surface area contributed by atoms with Crippen LogP contribution in [0.2, 0.25) is 0 Å². The number of carbonyl (C=O) groups excluding carboxylic acids is 2. The molecular formula is C26H27N3O2. The Hall–Kier alpha value is -3.47. The molecule has 2 aromatic carbocycles. The topological polar surface area (TPSA) is 76.3 Å². The van der Waals surface area contributed by atoms with Crippen molar-refractivity contribution in [2.24, 2.45) is 11.1 Å². The molecule has 2 amide bonds. The lowest BCUT2D eigenvalue weighted by Gasteiger charge is -2.40. The number of rotatable bonds is 6. The SMILES string of the molecule is NC(=O)C1(Cc2cccc(-c3ccccc3)c2)CCN(C(=O)Cc2cccnc2)CC1. The molecule has 1 aromatic heterocycles. The molecule has 5 heteroatoms. The van der Waals surface area contributed by atoms with Gasteiger partial charge in [0.05, 0.1) is 11.8 Å². The molecule has 31 heavy (non-hydrogen) atoms. The summed E-state index contributed by atoms with van der Waals surface area (Å²) in [5.74, 6) is -0.214. The van der Waals surface area contributed by atoms with Gasteiger partial charge in [-0.05, 0) is 47.6 Å². The molecule has 3 aromatic rings. The molecule has 1 fully saturated rings. The van der Waals surface area contributed by atoms with Crippen molar-refractivity contribution in [2.75, 3.05) is 13.1 Å². The predicted molar refractivity (Wildman–Crippen MR) is 121 cm³/mol. The van der Waals surface area contributed by atoms with Crippen molar-refractivity contribution in [2.45, 2.75) is 25.7 Å². The summed E-state index contributed by atoms with van der Waals surface area (Å²) in [4.78, 5) is 31.1. The number of likely N-dealkylation sites (tertiary alicyclic amines) is 1. The maximum absolute atomic E-state index is 12.7. The van der Waals surface area contributed by atoms with Crippen molar-refractivity contribution < 1.29 is 9.59 Å². The Kier molecular flexibility index (Phi) is 6.12. The Bertz CT molecular complexity index is 1040. The Morgan fingerprint density at radius 1 is 0.903 bits per heavy atom. The highest BCUT2D eigenvalue weighted by Gasteiger charge is 2.40. The van der Waals surface area contributed by atoms with E-state index in [4.69, 9.17) is 5.73 Å². The fraction of sp³-hybridized carbons (Fsp3) is 0.269. The third kappa shape index (κ3) is 4.82. The van der Waals surface area contributed by atoms with Crippen LogP contribution in [0.1, 0.15) is 24.0 Å². The maximum Gasteiger partial charge on any atom is 0.227 e. The minimum atomic E-state index is -0.625. The number of carbonyl (C=O) groups is 2. The van der Waals surface area contributed by atoms with E-state index in [1.165, 1.54) is 0 Å². The van der Waals surface area contributed by atoms with Gasteiger partial charge in [-0.25, -0.2) is 0 Å². The van der Waals surface area contributed by atoms with Gasteiger partial charge in [0.2, 0.25) is 11.8 Å². The van der Waals surface area contributed by atoms with Gasteiger partial charge in [-0.15, -0.1) is 0 Å². The molecule has 5 nitrogen and oxygen atoms in total. The second kappa shape index (κ2) is 9.13. The zero-order valence-electron chi connectivity index (χ0n) is 17.5. The predicted octanol–water partition coefficient (Wildman–Crippen LogP) is 3.63. The largest absolute Gasteiger partial charge is 0.369 e. The van der Waals surface area contributed by atoms with Crippen LogP contribution in [0.3, 0.4) is 0 Å². The Labute approximate surface area is 182 Å². The molecule has 0 spiro atoms. The smallest absolute Gasteiger partial charge is 0.227 e. The van der Waals surface area contributed by atoms with E-state index in [0.717, 1.165) is 22.3 Å². The quantitative estimate of drug-likeness (QED) is 0.670. The van der Waals surface area contributed by atoms with Crippen LogP contribution in [-0.2, 0) is 22.4 Å². The molecule has 0 radical (unpaired) electrons. The van der Waals surface area contributed by atoms with E-state index in [1.54, 1.807) is 12.4 Å². The number of hydrogen-bond donors (Lipinski definition) is 1. The number of hydrogen-bond acceptors (Lipinski definition) is 3. The van der Waals surface area contributed by atoms with Crippen molar-refractivity contribution in [3.63, 3.8) is 0 Å². The molecule has 1 aliphatic heterocycles. The number of piperidine rings is 1. The van der Waals surface area contributed by atoms with Crippen molar-refractivity contribution >= 4 is 11.8 Å². The van der Waals surface area contributed by atoms with Crippen LogP contribution < -0.4 is 5.73 Å². The number of nitrogens with zero attached hydrogens (tertiary/aromatic N) is 2. The average molecular weight is 414 g/mol. The zero-order chi connectivity index (χ0) is 21.7. The number of benzene rings is 2. The summed E-state index contributed by atoms with van der Waals surface area (Å²) >= 11 is 0. The molecule has 2 N–H and O–H groups in total. The van der Waals surface area contributed by atoms with E-state index in [9.17, 15) is 9.59 Å². The standard InChI is InChI=1S/C26H27N3O2/c27-25(31)26(18-20-6-4-10-23(16-20)22-8-2-1-3-9-22)11-14-29(15-12-26)24(30)17-21-7-5-13-28-19-21/h1-10,13,16,19H,11-12,14-15,17-18H2,(H2,27,31). The molecule has 0 atom stereocenters. The zero-order valence-corrected chi connectivity index (χ0v) is 17.5. The lowest BCUT2D eigenvalue weighted by molar-refractivity contribution is -0.138. The van der Waals surface area contributed by atoms with Crippen LogP contribution in [0.4, 0.5) is 0 Å². The lowest BCUT2D eigenvalue weighted by atomic mass is 9.73. The third-order valence-corrected chi connectivity index (χ3v) is 6.25. The van der Waals surface area contributed by atoms with Gasteiger partial charge in [-0.2, -0.15) is 0 Å². The summed E-state index contributed by atoms with van der Waals surface area (Å²) in [5, 5.41) is 0. The second-order valence-electron chi connectivity index (χ2n) is 8.31. The van der Waals surface area contributed by atoms with Crippen molar-refractivity contribution in [1.82, 2.24) is 9.88 Å². The van der Waals surface area contributed by atoms with Gasteiger partial charge in [0.15, 0.2) is 0 Å². The van der Waals surface area contributed by atoms with E-state index in [2.05, 4.69) is 35.3 Å².